The van der Waals surface area contributed by atoms with Crippen LogP contribution in [0.15, 0.2) is 35.5 Å². The van der Waals surface area contributed by atoms with Crippen LogP contribution in [-0.4, -0.2) is 52.0 Å². The highest BCUT2D eigenvalue weighted by Gasteiger charge is 2.33. The summed E-state index contributed by atoms with van der Waals surface area (Å²) < 4.78 is 4.63. The first kappa shape index (κ1) is 29.3. The zero-order valence-corrected chi connectivity index (χ0v) is 21.0. The molecular formula is C27H37NO8. The molecule has 3 unspecified atom stereocenters. The summed E-state index contributed by atoms with van der Waals surface area (Å²) in [6.07, 6.45) is 10.4. The normalized spacial score (nSPS) is 20.8. The number of unbranched alkanes of at least 4 members (excludes halogenated alkanes) is 4. The Bertz CT molecular complexity index is 916. The molecule has 0 bridgehead atoms. The number of cyclic esters (lactones) is 1. The minimum absolute atomic E-state index is 0.0113. The number of allylic oxidation sites excluding steroid dienone is 4. The average Bonchev–Trinajstić information content (AvgIpc) is 3.04. The number of esters is 1. The van der Waals surface area contributed by atoms with Crippen molar-refractivity contribution < 1.29 is 38.9 Å². The number of ether oxygens (including phenoxy) is 1. The van der Waals surface area contributed by atoms with Crippen LogP contribution in [0.4, 0.5) is 0 Å². The molecule has 0 aliphatic carbocycles. The number of carbonyl (C=O) groups excluding carboxylic acids is 5. The molecule has 0 aromatic heterocycles. The SMILES string of the molecule is CC1=C(C(=O)CCCCCCC=CC=CC(C)C(=O)CC(O)CC2CC(=O)NC(=O)C2)C(=O)OC1O. The van der Waals surface area contributed by atoms with Crippen LogP contribution in [0, 0.1) is 11.8 Å². The van der Waals surface area contributed by atoms with E-state index in [1.807, 2.05) is 18.2 Å². The molecule has 9 nitrogen and oxygen atoms in total. The molecule has 0 aromatic carbocycles. The van der Waals surface area contributed by atoms with Crippen LogP contribution < -0.4 is 5.32 Å². The first-order valence-corrected chi connectivity index (χ1v) is 12.6. The van der Waals surface area contributed by atoms with E-state index in [2.05, 4.69) is 10.1 Å². The molecule has 2 rings (SSSR count). The fourth-order valence-electron chi connectivity index (χ4n) is 4.31. The Hall–Kier alpha value is -2.91. The van der Waals surface area contributed by atoms with E-state index in [0.29, 0.717) is 6.42 Å². The predicted molar refractivity (Wildman–Crippen MR) is 131 cm³/mol. The molecule has 3 atom stereocenters. The molecule has 2 aliphatic rings. The second-order valence-corrected chi connectivity index (χ2v) is 9.60. The van der Waals surface area contributed by atoms with Crippen molar-refractivity contribution in [3.8, 4) is 0 Å². The molecule has 0 radical (unpaired) electrons. The number of imide groups is 1. The number of aliphatic hydroxyl groups excluding tert-OH is 2. The molecule has 2 heterocycles. The van der Waals surface area contributed by atoms with Gasteiger partial charge in [0.2, 0.25) is 18.1 Å². The van der Waals surface area contributed by atoms with Crippen molar-refractivity contribution in [2.75, 3.05) is 0 Å². The van der Waals surface area contributed by atoms with Gasteiger partial charge in [0.05, 0.1) is 6.10 Å². The van der Waals surface area contributed by atoms with E-state index in [0.717, 1.165) is 25.7 Å². The summed E-state index contributed by atoms with van der Waals surface area (Å²) >= 11 is 0. The third-order valence-electron chi connectivity index (χ3n) is 6.42. The van der Waals surface area contributed by atoms with Gasteiger partial charge in [0.1, 0.15) is 11.4 Å². The summed E-state index contributed by atoms with van der Waals surface area (Å²) in [6, 6.07) is 0. The number of carbonyl (C=O) groups is 5. The van der Waals surface area contributed by atoms with Gasteiger partial charge in [-0.15, -0.1) is 0 Å². The highest BCUT2D eigenvalue weighted by atomic mass is 16.6. The third kappa shape index (κ3) is 9.62. The summed E-state index contributed by atoms with van der Waals surface area (Å²) in [6.45, 7) is 3.29. The standard InChI is InChI=1S/C27H37NO8/c1-17(22(31)16-20(29)13-19-14-23(32)28-24(33)15-19)11-9-7-5-3-4-6-8-10-12-21(30)25-18(2)26(34)36-27(25)35/h5,7,9,11,17,19-20,26,29,34H,3-4,6,8,10,12-16H2,1-2H3,(H,28,32,33). The van der Waals surface area contributed by atoms with Gasteiger partial charge in [0.15, 0.2) is 5.78 Å². The van der Waals surface area contributed by atoms with Crippen LogP contribution in [0.3, 0.4) is 0 Å². The van der Waals surface area contributed by atoms with Crippen molar-refractivity contribution >= 4 is 29.4 Å². The highest BCUT2D eigenvalue weighted by Crippen LogP contribution is 2.23. The maximum Gasteiger partial charge on any atom is 0.344 e. The van der Waals surface area contributed by atoms with E-state index in [1.54, 1.807) is 13.0 Å². The van der Waals surface area contributed by atoms with Crippen molar-refractivity contribution in [3.63, 3.8) is 0 Å². The second kappa shape index (κ2) is 14.6. The van der Waals surface area contributed by atoms with Crippen molar-refractivity contribution in [2.45, 2.75) is 90.4 Å². The second-order valence-electron chi connectivity index (χ2n) is 9.60. The number of amides is 2. The van der Waals surface area contributed by atoms with Gasteiger partial charge in [0, 0.05) is 37.2 Å². The summed E-state index contributed by atoms with van der Waals surface area (Å²) in [5.41, 5.74) is 0.261. The van der Waals surface area contributed by atoms with Crippen molar-refractivity contribution in [2.24, 2.45) is 11.8 Å². The van der Waals surface area contributed by atoms with Crippen LogP contribution >= 0.6 is 0 Å². The Morgan fingerprint density at radius 2 is 1.75 bits per heavy atom. The first-order chi connectivity index (χ1) is 17.1. The minimum atomic E-state index is -1.31. The molecule has 1 saturated heterocycles. The smallest absolute Gasteiger partial charge is 0.344 e. The van der Waals surface area contributed by atoms with Gasteiger partial charge in [-0.05, 0) is 38.5 Å². The van der Waals surface area contributed by atoms with Gasteiger partial charge in [-0.3, -0.25) is 24.5 Å². The largest absolute Gasteiger partial charge is 0.428 e. The van der Waals surface area contributed by atoms with E-state index in [9.17, 15) is 34.2 Å². The van der Waals surface area contributed by atoms with E-state index < -0.39 is 18.4 Å². The van der Waals surface area contributed by atoms with Gasteiger partial charge in [0.25, 0.3) is 0 Å². The van der Waals surface area contributed by atoms with E-state index in [4.69, 9.17) is 0 Å². The lowest BCUT2D eigenvalue weighted by Crippen LogP contribution is -2.39. The van der Waals surface area contributed by atoms with Gasteiger partial charge in [-0.1, -0.05) is 44.1 Å². The molecular weight excluding hydrogens is 466 g/mol. The predicted octanol–water partition coefficient (Wildman–Crippen LogP) is 2.60. The Labute approximate surface area is 211 Å². The van der Waals surface area contributed by atoms with Gasteiger partial charge >= 0.3 is 5.97 Å². The lowest BCUT2D eigenvalue weighted by Gasteiger charge is -2.23. The minimum Gasteiger partial charge on any atom is -0.428 e. The van der Waals surface area contributed by atoms with Gasteiger partial charge in [-0.25, -0.2) is 4.79 Å². The monoisotopic (exact) mass is 503 g/mol. The molecule has 0 saturated carbocycles. The van der Waals surface area contributed by atoms with E-state index in [-0.39, 0.29) is 78.5 Å². The van der Waals surface area contributed by atoms with Crippen LogP contribution in [0.2, 0.25) is 0 Å². The van der Waals surface area contributed by atoms with Crippen LogP contribution in [0.5, 0.6) is 0 Å². The fourth-order valence-corrected chi connectivity index (χ4v) is 4.31. The van der Waals surface area contributed by atoms with Gasteiger partial charge in [-0.2, -0.15) is 0 Å². The average molecular weight is 504 g/mol. The summed E-state index contributed by atoms with van der Waals surface area (Å²) in [5.74, 6) is -2.39. The van der Waals surface area contributed by atoms with Gasteiger partial charge < -0.3 is 14.9 Å². The van der Waals surface area contributed by atoms with Crippen LogP contribution in [0.25, 0.3) is 0 Å². The molecule has 2 amide bonds. The lowest BCUT2D eigenvalue weighted by atomic mass is 9.88. The van der Waals surface area contributed by atoms with Crippen molar-refractivity contribution in [3.05, 3.63) is 35.5 Å². The number of rotatable bonds is 15. The Kier molecular flexibility index (Phi) is 11.9. The fraction of sp³-hybridized carbons (Fsp3) is 0.593. The molecule has 36 heavy (non-hydrogen) atoms. The number of nitrogens with one attached hydrogen (secondary N) is 1. The van der Waals surface area contributed by atoms with Crippen LogP contribution in [-0.2, 0) is 28.7 Å². The topological polar surface area (TPSA) is 147 Å². The van der Waals surface area contributed by atoms with E-state index in [1.165, 1.54) is 6.92 Å². The van der Waals surface area contributed by atoms with Crippen LogP contribution in [0.1, 0.15) is 78.1 Å². The number of ketones is 2. The number of piperidine rings is 1. The number of hydrogen-bond acceptors (Lipinski definition) is 8. The molecule has 0 aromatic rings. The summed E-state index contributed by atoms with van der Waals surface area (Å²) in [4.78, 5) is 58.9. The number of aliphatic hydroxyl groups is 2. The van der Waals surface area contributed by atoms with Crippen molar-refractivity contribution in [1.82, 2.24) is 5.32 Å². The third-order valence-corrected chi connectivity index (χ3v) is 6.42. The summed E-state index contributed by atoms with van der Waals surface area (Å²) in [5, 5.41) is 21.9. The highest BCUT2D eigenvalue weighted by molar-refractivity contribution is 6.19. The van der Waals surface area contributed by atoms with Crippen molar-refractivity contribution in [1.29, 1.82) is 0 Å². The first-order valence-electron chi connectivity index (χ1n) is 12.6. The molecule has 9 heteroatoms. The Morgan fingerprint density at radius 1 is 1.08 bits per heavy atom. The molecule has 198 valence electrons. The maximum atomic E-state index is 12.3. The maximum absolute atomic E-state index is 12.3. The Balaban J connectivity index is 1.56. The number of Topliss-reactive ketones (excluding diaryl/α,β-unsaturated/α-hetero) is 2. The zero-order chi connectivity index (χ0) is 26.7. The summed E-state index contributed by atoms with van der Waals surface area (Å²) in [7, 11) is 0. The zero-order valence-electron chi connectivity index (χ0n) is 21.0. The van der Waals surface area contributed by atoms with E-state index >= 15 is 0 Å². The Morgan fingerprint density at radius 3 is 2.39 bits per heavy atom. The molecule has 1 fully saturated rings. The quantitative estimate of drug-likeness (QED) is 0.102. The molecule has 2 aliphatic heterocycles. The molecule has 3 N–H and O–H groups in total. The molecule has 0 spiro atoms. The number of hydrogen-bond donors (Lipinski definition) is 3. The lowest BCUT2D eigenvalue weighted by molar-refractivity contribution is -0.152.